The number of ether oxygens (including phenoxy) is 3. The lowest BCUT2D eigenvalue weighted by Gasteiger charge is -2.26. The van der Waals surface area contributed by atoms with Gasteiger partial charge in [-0.2, -0.15) is 0 Å². The summed E-state index contributed by atoms with van der Waals surface area (Å²) in [5, 5.41) is 0.586. The summed E-state index contributed by atoms with van der Waals surface area (Å²) in [4.78, 5) is 18.5. The van der Waals surface area contributed by atoms with Crippen LogP contribution < -0.4 is 18.9 Å². The van der Waals surface area contributed by atoms with Crippen LogP contribution in [0.15, 0.2) is 71.8 Å². The number of halogens is 1. The lowest BCUT2D eigenvalue weighted by atomic mass is 10.1. The minimum absolute atomic E-state index is 0.0310. The van der Waals surface area contributed by atoms with Crippen LogP contribution in [0.1, 0.15) is 25.7 Å². The zero-order valence-corrected chi connectivity index (χ0v) is 24.9. The predicted molar refractivity (Wildman–Crippen MR) is 162 cm³/mol. The van der Waals surface area contributed by atoms with E-state index in [1.807, 2.05) is 0 Å². The summed E-state index contributed by atoms with van der Waals surface area (Å²) in [5.74, 6) is 0.482. The van der Waals surface area contributed by atoms with Crippen molar-refractivity contribution >= 4 is 32.3 Å². The summed E-state index contributed by atoms with van der Waals surface area (Å²) in [5.41, 5.74) is 0.508. The molecule has 0 saturated carbocycles. The van der Waals surface area contributed by atoms with Crippen LogP contribution in [-0.2, 0) is 10.0 Å². The van der Waals surface area contributed by atoms with E-state index < -0.39 is 15.8 Å². The molecular weight excluding hydrogens is 575 g/mol. The van der Waals surface area contributed by atoms with Crippen molar-refractivity contribution in [3.05, 3.63) is 77.6 Å². The molecule has 12 heteroatoms. The highest BCUT2D eigenvalue weighted by Gasteiger charge is 2.26. The Bertz CT molecular complexity index is 1730. The van der Waals surface area contributed by atoms with Crippen molar-refractivity contribution in [1.82, 2.24) is 9.88 Å². The molecule has 0 unspecified atom stereocenters. The summed E-state index contributed by atoms with van der Waals surface area (Å²) in [7, 11) is -1.42. The minimum atomic E-state index is -4.17. The fourth-order valence-corrected chi connectivity index (χ4v) is 6.34. The number of nitrogens with one attached hydrogen (secondary N) is 1. The largest absolute Gasteiger partial charge is 0.493 e. The first-order valence-electron chi connectivity index (χ1n) is 14.1. The number of fused-ring (bicyclic) bond motifs is 1. The Labute approximate surface area is 250 Å². The van der Waals surface area contributed by atoms with Crippen molar-refractivity contribution in [1.29, 1.82) is 0 Å². The van der Waals surface area contributed by atoms with Crippen LogP contribution in [0.2, 0.25) is 0 Å². The highest BCUT2D eigenvalue weighted by Crippen LogP contribution is 2.38. The Balaban J connectivity index is 1.31. The average molecular weight is 610 g/mol. The number of nitroso groups, excluding NO2 is 1. The minimum Gasteiger partial charge on any atom is -0.493 e. The molecule has 4 aromatic rings. The third-order valence-corrected chi connectivity index (χ3v) is 8.64. The normalized spacial score (nSPS) is 13.9. The van der Waals surface area contributed by atoms with Gasteiger partial charge >= 0.3 is 0 Å². The Morgan fingerprint density at radius 2 is 1.77 bits per heavy atom. The van der Waals surface area contributed by atoms with Crippen molar-refractivity contribution in [2.24, 2.45) is 0 Å². The van der Waals surface area contributed by atoms with Gasteiger partial charge in [-0.3, -0.25) is 9.71 Å². The van der Waals surface area contributed by atoms with E-state index >= 15 is 4.39 Å². The van der Waals surface area contributed by atoms with Crippen molar-refractivity contribution in [2.45, 2.75) is 30.6 Å². The summed E-state index contributed by atoms with van der Waals surface area (Å²) in [6.45, 7) is 3.80. The maximum Gasteiger partial charge on any atom is 0.276 e. The van der Waals surface area contributed by atoms with Crippen molar-refractivity contribution in [3.63, 3.8) is 0 Å². The van der Waals surface area contributed by atoms with Crippen molar-refractivity contribution in [3.8, 4) is 23.0 Å². The van der Waals surface area contributed by atoms with Crippen LogP contribution in [-0.4, -0.2) is 63.5 Å². The number of hydrogen-bond acceptors (Lipinski definition) is 8. The van der Waals surface area contributed by atoms with Gasteiger partial charge in [-0.15, -0.1) is 0 Å². The van der Waals surface area contributed by atoms with Gasteiger partial charge in [0.15, 0.2) is 35.0 Å². The van der Waals surface area contributed by atoms with Crippen LogP contribution in [0, 0.1) is 10.7 Å². The molecule has 0 radical (unpaired) electrons. The standard InChI is InChI=1S/C31H34FN4O6S/c1-35(37)26-9-4-5-10-31(26)43(38,39)34-22-11-12-28(24(32)19-22)42-27-13-14-33-25-21-30(29(40-2)20-23(25)27)41-18-8-17-36-15-6-3-7-16-36/h4-5,9-14,19-21,34H,3,6-8,15-18H2,1-2H3/q+1. The highest BCUT2D eigenvalue weighted by atomic mass is 32.2. The second kappa shape index (κ2) is 13.3. The first-order valence-corrected chi connectivity index (χ1v) is 15.6. The number of rotatable bonds is 12. The van der Waals surface area contributed by atoms with Crippen LogP contribution in [0.4, 0.5) is 15.8 Å². The van der Waals surface area contributed by atoms with E-state index in [1.165, 1.54) is 56.6 Å². The van der Waals surface area contributed by atoms with Gasteiger partial charge in [-0.1, -0.05) is 18.6 Å². The molecule has 1 fully saturated rings. The second-order valence-corrected chi connectivity index (χ2v) is 11.9. The average Bonchev–Trinajstić information content (AvgIpc) is 3.00. The molecule has 0 atom stereocenters. The number of aromatic nitrogens is 1. The maximum atomic E-state index is 15.2. The number of para-hydroxylation sites is 1. The molecule has 1 aromatic heterocycles. The SMILES string of the molecule is COc1cc2c(Oc3ccc(NS(=O)(=O)c4ccccc4[N+](C)=O)cc3F)ccnc2cc1OCCCN1CCCCC1. The molecule has 1 saturated heterocycles. The number of likely N-dealkylation sites (tertiary alicyclic amines) is 1. The smallest absolute Gasteiger partial charge is 0.276 e. The van der Waals surface area contributed by atoms with E-state index in [-0.39, 0.29) is 22.0 Å². The Morgan fingerprint density at radius 1 is 0.977 bits per heavy atom. The number of benzene rings is 3. The van der Waals surface area contributed by atoms with Gasteiger partial charge < -0.3 is 19.1 Å². The van der Waals surface area contributed by atoms with E-state index in [4.69, 9.17) is 14.2 Å². The Morgan fingerprint density at radius 3 is 2.51 bits per heavy atom. The number of nitrogens with zero attached hydrogens (tertiary/aromatic N) is 3. The zero-order chi connectivity index (χ0) is 30.4. The molecule has 43 heavy (non-hydrogen) atoms. The van der Waals surface area contributed by atoms with E-state index in [1.54, 1.807) is 37.6 Å². The molecular formula is C31H34FN4O6S+. The third-order valence-electron chi connectivity index (χ3n) is 7.21. The summed E-state index contributed by atoms with van der Waals surface area (Å²) >= 11 is 0. The van der Waals surface area contributed by atoms with Crippen LogP contribution in [0.25, 0.3) is 10.9 Å². The van der Waals surface area contributed by atoms with Crippen LogP contribution in [0.3, 0.4) is 0 Å². The van der Waals surface area contributed by atoms with Crippen LogP contribution in [0.5, 0.6) is 23.0 Å². The number of hydrogen-bond donors (Lipinski definition) is 1. The monoisotopic (exact) mass is 609 g/mol. The van der Waals surface area contributed by atoms with Crippen molar-refractivity contribution in [2.75, 3.05) is 45.1 Å². The van der Waals surface area contributed by atoms with E-state index in [9.17, 15) is 13.3 Å². The van der Waals surface area contributed by atoms with E-state index in [0.29, 0.717) is 39.5 Å². The Kier molecular flexibility index (Phi) is 9.37. The summed E-state index contributed by atoms with van der Waals surface area (Å²) < 4.78 is 61.3. The number of anilines is 1. The van der Waals surface area contributed by atoms with Gasteiger partial charge in [0.2, 0.25) is 0 Å². The fourth-order valence-electron chi connectivity index (χ4n) is 5.06. The van der Waals surface area contributed by atoms with Crippen molar-refractivity contribution < 1.29 is 31.8 Å². The molecule has 0 spiro atoms. The van der Waals surface area contributed by atoms with Gasteiger partial charge in [0.25, 0.3) is 15.7 Å². The molecule has 1 N–H and O–H groups in total. The topological polar surface area (TPSA) is 110 Å². The molecule has 226 valence electrons. The number of methoxy groups -OCH3 is 1. The van der Waals surface area contributed by atoms with Crippen LogP contribution >= 0.6 is 0 Å². The number of piperidine rings is 1. The number of pyridine rings is 1. The van der Waals surface area contributed by atoms with E-state index in [2.05, 4.69) is 14.6 Å². The molecule has 0 bridgehead atoms. The molecule has 1 aliphatic rings. The summed E-state index contributed by atoms with van der Waals surface area (Å²) in [6.07, 6.45) is 6.25. The highest BCUT2D eigenvalue weighted by molar-refractivity contribution is 7.92. The zero-order valence-electron chi connectivity index (χ0n) is 24.1. The van der Waals surface area contributed by atoms with Gasteiger partial charge in [-0.05, 0) is 62.7 Å². The first-order chi connectivity index (χ1) is 20.7. The number of sulfonamides is 1. The van der Waals surface area contributed by atoms with Gasteiger partial charge in [0.1, 0.15) is 5.75 Å². The molecule has 5 rings (SSSR count). The lowest BCUT2D eigenvalue weighted by Crippen LogP contribution is -2.31. The predicted octanol–water partition coefficient (Wildman–Crippen LogP) is 6.27. The molecule has 10 nitrogen and oxygen atoms in total. The molecule has 0 amide bonds. The maximum absolute atomic E-state index is 15.2. The Hall–Kier alpha value is -4.29. The lowest BCUT2D eigenvalue weighted by molar-refractivity contribution is -0.431. The van der Waals surface area contributed by atoms with Gasteiger partial charge in [-0.25, -0.2) is 12.8 Å². The second-order valence-electron chi connectivity index (χ2n) is 10.3. The van der Waals surface area contributed by atoms with E-state index in [0.717, 1.165) is 32.1 Å². The summed E-state index contributed by atoms with van der Waals surface area (Å²) in [6, 6.07) is 14.6. The quantitative estimate of drug-likeness (QED) is 0.148. The fraction of sp³-hybridized carbons (Fsp3) is 0.323. The van der Waals surface area contributed by atoms with Gasteiger partial charge in [0.05, 0.1) is 24.9 Å². The molecule has 2 heterocycles. The molecule has 3 aromatic carbocycles. The first kappa shape index (κ1) is 30.2. The molecule has 1 aliphatic heterocycles. The van der Waals surface area contributed by atoms with Gasteiger partial charge in [0, 0.05) is 46.0 Å². The molecule has 0 aliphatic carbocycles. The third kappa shape index (κ3) is 7.20.